The molecule has 4 nitrogen and oxygen atoms in total. The van der Waals surface area contributed by atoms with Crippen molar-refractivity contribution < 1.29 is 9.59 Å². The SMILES string of the molecule is CCCCN(C)C(=O)c1ccc2c(c1)NC(=O)C2. The topological polar surface area (TPSA) is 49.4 Å². The molecule has 1 heterocycles. The molecule has 0 saturated carbocycles. The summed E-state index contributed by atoms with van der Waals surface area (Å²) in [6.45, 7) is 2.86. The Morgan fingerprint density at radius 2 is 2.22 bits per heavy atom. The van der Waals surface area contributed by atoms with Gasteiger partial charge in [0.15, 0.2) is 0 Å². The van der Waals surface area contributed by atoms with Crippen LogP contribution in [0.15, 0.2) is 18.2 Å². The lowest BCUT2D eigenvalue weighted by Crippen LogP contribution is -2.27. The van der Waals surface area contributed by atoms with E-state index in [1.54, 1.807) is 17.0 Å². The minimum absolute atomic E-state index is 0.00561. The Balaban J connectivity index is 2.12. The predicted molar refractivity (Wildman–Crippen MR) is 70.6 cm³/mol. The molecule has 0 aromatic heterocycles. The fraction of sp³-hybridized carbons (Fsp3) is 0.429. The molecule has 0 bridgehead atoms. The molecule has 4 heteroatoms. The quantitative estimate of drug-likeness (QED) is 0.884. The van der Waals surface area contributed by atoms with E-state index in [2.05, 4.69) is 12.2 Å². The number of fused-ring (bicyclic) bond motifs is 1. The summed E-state index contributed by atoms with van der Waals surface area (Å²) >= 11 is 0. The van der Waals surface area contributed by atoms with Crippen molar-refractivity contribution in [2.24, 2.45) is 0 Å². The molecule has 1 aromatic carbocycles. The van der Waals surface area contributed by atoms with E-state index in [1.165, 1.54) is 0 Å². The van der Waals surface area contributed by atoms with Gasteiger partial charge in [0.1, 0.15) is 0 Å². The number of amides is 2. The number of anilines is 1. The van der Waals surface area contributed by atoms with Crippen LogP contribution in [0.4, 0.5) is 5.69 Å². The summed E-state index contributed by atoms with van der Waals surface area (Å²) in [7, 11) is 1.81. The van der Waals surface area contributed by atoms with Crippen LogP contribution in [-0.4, -0.2) is 30.3 Å². The van der Waals surface area contributed by atoms with Crippen LogP contribution in [0.1, 0.15) is 35.7 Å². The predicted octanol–water partition coefficient (Wildman–Crippen LogP) is 2.05. The highest BCUT2D eigenvalue weighted by molar-refractivity contribution is 6.02. The Morgan fingerprint density at radius 1 is 1.44 bits per heavy atom. The standard InChI is InChI=1S/C14H18N2O2/c1-3-4-7-16(2)14(18)11-6-5-10-9-13(17)15-12(10)8-11/h5-6,8H,3-4,7,9H2,1-2H3,(H,15,17). The maximum atomic E-state index is 12.1. The number of carbonyl (C=O) groups excluding carboxylic acids is 2. The van der Waals surface area contributed by atoms with Crippen molar-refractivity contribution in [2.75, 3.05) is 18.9 Å². The van der Waals surface area contributed by atoms with Crippen LogP contribution in [0.25, 0.3) is 0 Å². The second-order valence-corrected chi connectivity index (χ2v) is 4.68. The van der Waals surface area contributed by atoms with Gasteiger partial charge >= 0.3 is 0 Å². The first kappa shape index (κ1) is 12.6. The monoisotopic (exact) mass is 246 g/mol. The molecule has 0 aliphatic carbocycles. The van der Waals surface area contributed by atoms with Crippen molar-refractivity contribution in [1.29, 1.82) is 0 Å². The highest BCUT2D eigenvalue weighted by atomic mass is 16.2. The van der Waals surface area contributed by atoms with E-state index in [1.807, 2.05) is 13.1 Å². The van der Waals surface area contributed by atoms with Gasteiger partial charge in [-0.25, -0.2) is 0 Å². The summed E-state index contributed by atoms with van der Waals surface area (Å²) in [6.07, 6.45) is 2.48. The molecule has 2 rings (SSSR count). The van der Waals surface area contributed by atoms with Gasteiger partial charge in [-0.1, -0.05) is 19.4 Å². The zero-order chi connectivity index (χ0) is 13.1. The van der Waals surface area contributed by atoms with Crippen molar-refractivity contribution in [3.63, 3.8) is 0 Å². The van der Waals surface area contributed by atoms with Crippen LogP contribution < -0.4 is 5.32 Å². The Bertz CT molecular complexity index is 483. The molecule has 0 saturated heterocycles. The van der Waals surface area contributed by atoms with Crippen molar-refractivity contribution in [2.45, 2.75) is 26.2 Å². The van der Waals surface area contributed by atoms with E-state index < -0.39 is 0 Å². The molecule has 1 aliphatic rings. The summed E-state index contributed by atoms with van der Waals surface area (Å²) in [5, 5.41) is 2.77. The molecule has 96 valence electrons. The Kier molecular flexibility index (Phi) is 3.65. The third-order valence-electron chi connectivity index (χ3n) is 3.18. The number of benzene rings is 1. The summed E-state index contributed by atoms with van der Waals surface area (Å²) < 4.78 is 0. The molecular formula is C14H18N2O2. The molecule has 0 fully saturated rings. The minimum atomic E-state index is -0.00561. The molecule has 1 aliphatic heterocycles. The number of hydrogen-bond acceptors (Lipinski definition) is 2. The highest BCUT2D eigenvalue weighted by Crippen LogP contribution is 2.24. The van der Waals surface area contributed by atoms with E-state index in [9.17, 15) is 9.59 Å². The van der Waals surface area contributed by atoms with Crippen molar-refractivity contribution in [3.05, 3.63) is 29.3 Å². The fourth-order valence-electron chi connectivity index (χ4n) is 2.06. The minimum Gasteiger partial charge on any atom is -0.342 e. The fourth-order valence-corrected chi connectivity index (χ4v) is 2.06. The van der Waals surface area contributed by atoms with Gasteiger partial charge in [0.2, 0.25) is 5.91 Å². The van der Waals surface area contributed by atoms with Gasteiger partial charge in [0, 0.05) is 24.8 Å². The van der Waals surface area contributed by atoms with Gasteiger partial charge in [0.25, 0.3) is 5.91 Å². The normalized spacial score (nSPS) is 13.1. The molecule has 1 aromatic rings. The number of carbonyl (C=O) groups is 2. The Labute approximate surface area is 107 Å². The highest BCUT2D eigenvalue weighted by Gasteiger charge is 2.20. The molecule has 18 heavy (non-hydrogen) atoms. The number of hydrogen-bond donors (Lipinski definition) is 1. The second kappa shape index (κ2) is 5.21. The summed E-state index contributed by atoms with van der Waals surface area (Å²) in [5.74, 6) is 0.00124. The first-order valence-electron chi connectivity index (χ1n) is 6.30. The Hall–Kier alpha value is -1.84. The van der Waals surface area contributed by atoms with E-state index in [0.717, 1.165) is 30.6 Å². The zero-order valence-corrected chi connectivity index (χ0v) is 10.8. The molecule has 0 spiro atoms. The van der Waals surface area contributed by atoms with Crippen molar-refractivity contribution in [3.8, 4) is 0 Å². The lowest BCUT2D eigenvalue weighted by Gasteiger charge is -2.17. The second-order valence-electron chi connectivity index (χ2n) is 4.68. The molecule has 1 N–H and O–H groups in total. The van der Waals surface area contributed by atoms with Crippen LogP contribution in [0.3, 0.4) is 0 Å². The average Bonchev–Trinajstić information content (AvgIpc) is 2.73. The third-order valence-corrected chi connectivity index (χ3v) is 3.18. The molecule has 0 unspecified atom stereocenters. The van der Waals surface area contributed by atoms with Gasteiger partial charge in [-0.3, -0.25) is 9.59 Å². The summed E-state index contributed by atoms with van der Waals surface area (Å²) in [5.41, 5.74) is 2.37. The molecular weight excluding hydrogens is 228 g/mol. The maximum absolute atomic E-state index is 12.1. The van der Waals surface area contributed by atoms with Crippen molar-refractivity contribution in [1.82, 2.24) is 4.90 Å². The van der Waals surface area contributed by atoms with Gasteiger partial charge in [-0.15, -0.1) is 0 Å². The molecule has 2 amide bonds. The molecule has 0 radical (unpaired) electrons. The third kappa shape index (κ3) is 2.53. The van der Waals surface area contributed by atoms with E-state index in [-0.39, 0.29) is 11.8 Å². The molecule has 0 atom stereocenters. The average molecular weight is 246 g/mol. The van der Waals surface area contributed by atoms with Crippen molar-refractivity contribution >= 4 is 17.5 Å². The van der Waals surface area contributed by atoms with E-state index >= 15 is 0 Å². The smallest absolute Gasteiger partial charge is 0.253 e. The number of nitrogens with one attached hydrogen (secondary N) is 1. The lowest BCUT2D eigenvalue weighted by atomic mass is 10.1. The van der Waals surface area contributed by atoms with Crippen LogP contribution in [0.2, 0.25) is 0 Å². The largest absolute Gasteiger partial charge is 0.342 e. The maximum Gasteiger partial charge on any atom is 0.253 e. The van der Waals surface area contributed by atoms with Gasteiger partial charge in [-0.05, 0) is 24.1 Å². The van der Waals surface area contributed by atoms with Crippen LogP contribution in [0, 0.1) is 0 Å². The first-order valence-corrected chi connectivity index (χ1v) is 6.30. The lowest BCUT2D eigenvalue weighted by molar-refractivity contribution is -0.115. The summed E-state index contributed by atoms with van der Waals surface area (Å²) in [4.78, 5) is 25.1. The summed E-state index contributed by atoms with van der Waals surface area (Å²) in [6, 6.07) is 5.42. The number of nitrogens with zero attached hydrogens (tertiary/aromatic N) is 1. The van der Waals surface area contributed by atoms with Crippen LogP contribution >= 0.6 is 0 Å². The van der Waals surface area contributed by atoms with Gasteiger partial charge in [-0.2, -0.15) is 0 Å². The zero-order valence-electron chi connectivity index (χ0n) is 10.8. The van der Waals surface area contributed by atoms with E-state index in [0.29, 0.717) is 12.0 Å². The van der Waals surface area contributed by atoms with E-state index in [4.69, 9.17) is 0 Å². The van der Waals surface area contributed by atoms with Crippen LogP contribution in [0.5, 0.6) is 0 Å². The van der Waals surface area contributed by atoms with Gasteiger partial charge < -0.3 is 10.2 Å². The van der Waals surface area contributed by atoms with Gasteiger partial charge in [0.05, 0.1) is 6.42 Å². The number of rotatable bonds is 4. The Morgan fingerprint density at radius 3 is 2.94 bits per heavy atom. The first-order chi connectivity index (χ1) is 8.61. The number of unbranched alkanes of at least 4 members (excludes halogenated alkanes) is 1. The van der Waals surface area contributed by atoms with Crippen LogP contribution in [-0.2, 0) is 11.2 Å².